The van der Waals surface area contributed by atoms with E-state index in [0.29, 0.717) is 18.5 Å². The van der Waals surface area contributed by atoms with E-state index in [-0.39, 0.29) is 46.0 Å². The Hall–Kier alpha value is -3.26. The number of rotatable bonds is 8. The van der Waals surface area contributed by atoms with Gasteiger partial charge in [0.15, 0.2) is 5.78 Å². The van der Waals surface area contributed by atoms with Crippen LogP contribution in [0.5, 0.6) is 5.75 Å². The molecule has 2 N–H and O–H groups in total. The predicted octanol–water partition coefficient (Wildman–Crippen LogP) is 8.53. The van der Waals surface area contributed by atoms with Gasteiger partial charge >= 0.3 is 0 Å². The molecule has 10 rings (SSSR count). The number of aliphatic hydroxyl groups excluding tert-OH is 1. The Bertz CT molecular complexity index is 1960. The molecule has 2 bridgehead atoms. The number of allylic oxidation sites excluding steroid dienone is 4. The molecular weight excluding hydrogens is 692 g/mol. The zero-order valence-corrected chi connectivity index (χ0v) is 32.8. The third-order valence-electron chi connectivity index (χ3n) is 15.9. The normalized spacial score (nSPS) is 37.9. The number of halogens is 1. The number of methoxy groups -OCH3 is 1. The molecule has 1 saturated heterocycles. The molecule has 0 aromatic heterocycles. The molecule has 6 aliphatic carbocycles. The van der Waals surface area contributed by atoms with Crippen molar-refractivity contribution in [3.05, 3.63) is 124 Å². The van der Waals surface area contributed by atoms with Gasteiger partial charge in [0.25, 0.3) is 0 Å². The fourth-order valence-electron chi connectivity index (χ4n) is 12.9. The molecule has 54 heavy (non-hydrogen) atoms. The molecule has 2 spiro atoms. The molecule has 0 amide bonds. The Morgan fingerprint density at radius 1 is 0.833 bits per heavy atom. The number of fused-ring (bicyclic) bond motifs is 1. The quantitative estimate of drug-likeness (QED) is 0.178. The van der Waals surface area contributed by atoms with Gasteiger partial charge in [-0.15, -0.1) is 0 Å². The Labute approximate surface area is 325 Å². The van der Waals surface area contributed by atoms with Crippen LogP contribution >= 0.6 is 11.6 Å². The number of piperazine rings is 1. The summed E-state index contributed by atoms with van der Waals surface area (Å²) in [4.78, 5) is 20.0. The average molecular weight is 747 g/mol. The topological polar surface area (TPSA) is 73.2 Å². The maximum absolute atomic E-state index is 14.9. The fourth-order valence-corrected chi connectivity index (χ4v) is 13.1. The molecule has 6 nitrogen and oxygen atoms in total. The number of hydrogen-bond acceptors (Lipinski definition) is 6. The number of ketones is 1. The largest absolute Gasteiger partial charge is 0.497 e. The number of benzene rings is 3. The molecule has 284 valence electrons. The third-order valence-corrected chi connectivity index (χ3v) is 16.1. The number of hydrogen-bond donors (Lipinski definition) is 2. The van der Waals surface area contributed by atoms with Crippen LogP contribution in [0.15, 0.2) is 103 Å². The number of Topliss-reactive ketones (excluding diaryl/α,β-unsaturated/α-hetero) is 1. The van der Waals surface area contributed by atoms with Crippen molar-refractivity contribution in [2.24, 2.45) is 33.5 Å². The van der Waals surface area contributed by atoms with Gasteiger partial charge in [-0.05, 0) is 110 Å². The minimum atomic E-state index is -0.869. The molecule has 1 aliphatic heterocycles. The number of ether oxygens (including phenoxy) is 1. The van der Waals surface area contributed by atoms with Gasteiger partial charge in [0.05, 0.1) is 24.9 Å². The van der Waals surface area contributed by atoms with Gasteiger partial charge in [-0.2, -0.15) is 0 Å². The van der Waals surface area contributed by atoms with E-state index in [4.69, 9.17) is 16.3 Å². The first kappa shape index (κ1) is 36.4. The highest BCUT2D eigenvalue weighted by molar-refractivity contribution is 6.30. The Balaban J connectivity index is 1.01. The van der Waals surface area contributed by atoms with Crippen LogP contribution in [0.25, 0.3) is 0 Å². The highest BCUT2D eigenvalue weighted by Gasteiger charge is 2.74. The van der Waals surface area contributed by atoms with Crippen LogP contribution in [-0.2, 0) is 0 Å². The smallest absolute Gasteiger partial charge is 0.189 e. The van der Waals surface area contributed by atoms with Gasteiger partial charge in [0.2, 0.25) is 0 Å². The van der Waals surface area contributed by atoms with Crippen LogP contribution in [0.4, 0.5) is 0 Å². The summed E-state index contributed by atoms with van der Waals surface area (Å²) in [6.07, 6.45) is 12.7. The third kappa shape index (κ3) is 5.30. The van der Waals surface area contributed by atoms with Crippen molar-refractivity contribution in [2.75, 3.05) is 39.8 Å². The van der Waals surface area contributed by atoms with Gasteiger partial charge in [-0.3, -0.25) is 14.6 Å². The Morgan fingerprint density at radius 3 is 2.19 bits per heavy atom. The first-order chi connectivity index (χ1) is 26.0. The molecule has 7 aliphatic rings. The summed E-state index contributed by atoms with van der Waals surface area (Å²) in [5.74, 6) is 1.22. The molecule has 4 fully saturated rings. The van der Waals surface area contributed by atoms with Crippen LogP contribution in [0.3, 0.4) is 0 Å². The second-order valence-corrected chi connectivity index (χ2v) is 18.5. The highest BCUT2D eigenvalue weighted by atomic mass is 35.5. The van der Waals surface area contributed by atoms with Crippen molar-refractivity contribution in [3.8, 4) is 5.75 Å². The average Bonchev–Trinajstić information content (AvgIpc) is 3.46. The number of carbonyl (C=O) groups excluding carboxylic acids is 1. The van der Waals surface area contributed by atoms with Crippen molar-refractivity contribution in [3.63, 3.8) is 0 Å². The second-order valence-electron chi connectivity index (χ2n) is 18.0. The predicted molar refractivity (Wildman–Crippen MR) is 214 cm³/mol. The summed E-state index contributed by atoms with van der Waals surface area (Å²) < 4.78 is 5.44. The lowest BCUT2D eigenvalue weighted by Gasteiger charge is -2.71. The fraction of sp³-hybridized carbons (Fsp3) is 0.511. The standard InChI is InChI=1S/C47H55ClN2O4/c1-43-20-17-36(51)29-45(43)23-24-47(38(30-45)42(52)34-11-15-37(54-3)16-12-34)39(43)18-21-44(2)40(47)19-22-46(44,53)31-49-25-27-50(28-26-49)41(32-7-5-4-6-8-32)33-9-13-35(48)14-10-33/h4-16,23-24,30,36,39-41,51,53H,17-22,25-29,31H2,1-3H3/t36?,39-,40-,41?,43-,44+,45+,46-,47-/m1/s1. The van der Waals surface area contributed by atoms with Gasteiger partial charge in [0, 0.05) is 65.1 Å². The monoisotopic (exact) mass is 746 g/mol. The van der Waals surface area contributed by atoms with Crippen molar-refractivity contribution < 1.29 is 19.7 Å². The summed E-state index contributed by atoms with van der Waals surface area (Å²) in [5, 5.41) is 24.9. The number of β-amino-alcohol motifs (C(OH)–C–C–N with tert-alkyl or cyclic N) is 1. The lowest BCUT2D eigenvalue weighted by molar-refractivity contribution is -0.177. The van der Waals surface area contributed by atoms with Crippen LogP contribution in [-0.4, -0.2) is 77.3 Å². The molecule has 3 saturated carbocycles. The summed E-state index contributed by atoms with van der Waals surface area (Å²) >= 11 is 6.30. The Morgan fingerprint density at radius 2 is 1.48 bits per heavy atom. The first-order valence-corrected chi connectivity index (χ1v) is 20.6. The van der Waals surface area contributed by atoms with Gasteiger partial charge in [-0.25, -0.2) is 0 Å². The van der Waals surface area contributed by atoms with Crippen molar-refractivity contribution in [2.45, 2.75) is 76.5 Å². The van der Waals surface area contributed by atoms with Gasteiger partial charge in [0.1, 0.15) is 5.75 Å². The van der Waals surface area contributed by atoms with Crippen molar-refractivity contribution in [1.82, 2.24) is 9.80 Å². The van der Waals surface area contributed by atoms with Gasteiger partial charge in [-0.1, -0.05) is 86.1 Å². The number of aliphatic hydroxyl groups is 2. The minimum absolute atomic E-state index is 0.0532. The molecule has 9 atom stereocenters. The van der Waals surface area contributed by atoms with E-state index in [1.807, 2.05) is 36.4 Å². The SMILES string of the molecule is COc1ccc(C(=O)C2=C[C@@]34C=C[C@@]25[C@@H]2CC[C@@](O)(CN6CCN(C(c7ccccc7)c7ccc(Cl)cc7)CC6)[C@@]2(C)CC[C@@H]5[C@@]3(C)CCC(O)C4)cc1. The number of carbonyl (C=O) groups is 1. The van der Waals surface area contributed by atoms with E-state index >= 15 is 0 Å². The van der Waals surface area contributed by atoms with E-state index in [0.717, 1.165) is 81.0 Å². The van der Waals surface area contributed by atoms with Crippen LogP contribution in [0.2, 0.25) is 5.02 Å². The maximum atomic E-state index is 14.9. The molecule has 0 radical (unpaired) electrons. The van der Waals surface area contributed by atoms with Gasteiger partial charge < -0.3 is 14.9 Å². The molecule has 1 heterocycles. The van der Waals surface area contributed by atoms with E-state index in [2.05, 4.69) is 84.3 Å². The van der Waals surface area contributed by atoms with Crippen LogP contribution in [0, 0.1) is 33.5 Å². The molecule has 7 heteroatoms. The maximum Gasteiger partial charge on any atom is 0.189 e. The summed E-state index contributed by atoms with van der Waals surface area (Å²) in [6.45, 7) is 9.03. The molecule has 3 aromatic rings. The minimum Gasteiger partial charge on any atom is -0.497 e. The van der Waals surface area contributed by atoms with Crippen molar-refractivity contribution >= 4 is 17.4 Å². The van der Waals surface area contributed by atoms with E-state index < -0.39 is 11.0 Å². The highest BCUT2D eigenvalue weighted by Crippen LogP contribution is 2.78. The molecule has 2 unspecified atom stereocenters. The van der Waals surface area contributed by atoms with Crippen LogP contribution < -0.4 is 4.74 Å². The zero-order chi connectivity index (χ0) is 37.5. The van der Waals surface area contributed by atoms with E-state index in [1.165, 1.54) is 11.1 Å². The second kappa shape index (κ2) is 13.2. The zero-order valence-electron chi connectivity index (χ0n) is 32.0. The lowest BCUT2D eigenvalue weighted by Crippen LogP contribution is -2.67. The summed E-state index contributed by atoms with van der Waals surface area (Å²) in [7, 11) is 1.65. The molecule has 3 aromatic carbocycles. The van der Waals surface area contributed by atoms with E-state index in [9.17, 15) is 15.0 Å². The summed E-state index contributed by atoms with van der Waals surface area (Å²) in [5.41, 5.74) is 2.00. The van der Waals surface area contributed by atoms with Crippen LogP contribution in [0.1, 0.15) is 86.3 Å². The van der Waals surface area contributed by atoms with Crippen molar-refractivity contribution in [1.29, 1.82) is 0 Å². The Kier molecular flexibility index (Phi) is 8.87. The van der Waals surface area contributed by atoms with E-state index in [1.54, 1.807) is 7.11 Å². The number of nitrogens with zero attached hydrogens (tertiary/aromatic N) is 2. The first-order valence-electron chi connectivity index (χ1n) is 20.3. The lowest BCUT2D eigenvalue weighted by atomic mass is 9.32. The molecular formula is C47H55ClN2O4. The summed E-state index contributed by atoms with van der Waals surface area (Å²) in [6, 6.07) is 26.7.